The van der Waals surface area contributed by atoms with E-state index in [9.17, 15) is 18.0 Å². The SMILES string of the molecule is Cc1ccc(S(=O)(=O)OCCC2CCN(C(=O)[C@@H](CC(=O)OC(C)(C)C)C(C)C)CC2)cc1. The number of amides is 1. The van der Waals surface area contributed by atoms with Gasteiger partial charge in [0.15, 0.2) is 0 Å². The van der Waals surface area contributed by atoms with Crippen molar-refractivity contribution >= 4 is 22.0 Å². The second-order valence-corrected chi connectivity index (χ2v) is 11.9. The van der Waals surface area contributed by atoms with Crippen LogP contribution in [0, 0.1) is 24.7 Å². The van der Waals surface area contributed by atoms with Crippen molar-refractivity contribution < 1.29 is 26.9 Å². The van der Waals surface area contributed by atoms with E-state index in [2.05, 4.69) is 0 Å². The second-order valence-electron chi connectivity index (χ2n) is 10.3. The molecule has 33 heavy (non-hydrogen) atoms. The predicted octanol–water partition coefficient (Wildman–Crippen LogP) is 4.33. The van der Waals surface area contributed by atoms with Crippen LogP contribution in [0.4, 0.5) is 0 Å². The molecule has 1 aromatic carbocycles. The third-order valence-corrected chi connectivity index (χ3v) is 7.26. The number of carbonyl (C=O) groups is 2. The number of hydrogen-bond donors (Lipinski definition) is 0. The third kappa shape index (κ3) is 8.74. The van der Waals surface area contributed by atoms with Gasteiger partial charge in [-0.3, -0.25) is 13.8 Å². The molecule has 1 heterocycles. The zero-order chi connectivity index (χ0) is 24.8. The summed E-state index contributed by atoms with van der Waals surface area (Å²) in [6.07, 6.45) is 2.28. The summed E-state index contributed by atoms with van der Waals surface area (Å²) in [6.45, 7) is 12.6. The Bertz CT molecular complexity index is 894. The van der Waals surface area contributed by atoms with Crippen LogP contribution in [0.25, 0.3) is 0 Å². The molecule has 1 saturated heterocycles. The summed E-state index contributed by atoms with van der Waals surface area (Å²) in [6, 6.07) is 6.60. The Kier molecular flexibility index (Phi) is 9.49. The summed E-state index contributed by atoms with van der Waals surface area (Å²) in [5, 5.41) is 0. The molecule has 1 aromatic rings. The molecule has 0 bridgehead atoms. The molecule has 2 rings (SSSR count). The molecule has 0 saturated carbocycles. The molecule has 7 nitrogen and oxygen atoms in total. The highest BCUT2D eigenvalue weighted by Crippen LogP contribution is 2.26. The first kappa shape index (κ1) is 27.3. The molecule has 0 spiro atoms. The first-order valence-corrected chi connectivity index (χ1v) is 13.2. The van der Waals surface area contributed by atoms with E-state index in [-0.39, 0.29) is 35.7 Å². The summed E-state index contributed by atoms with van der Waals surface area (Å²) in [5.74, 6) is -0.433. The fraction of sp³-hybridized carbons (Fsp3) is 0.680. The molecular weight excluding hydrogens is 442 g/mol. The summed E-state index contributed by atoms with van der Waals surface area (Å²) in [7, 11) is -3.76. The number of benzene rings is 1. The smallest absolute Gasteiger partial charge is 0.307 e. The number of ether oxygens (including phenoxy) is 1. The van der Waals surface area contributed by atoms with Crippen LogP contribution < -0.4 is 0 Å². The van der Waals surface area contributed by atoms with Gasteiger partial charge in [0.1, 0.15) is 5.60 Å². The molecule has 8 heteroatoms. The van der Waals surface area contributed by atoms with Gasteiger partial charge in [-0.2, -0.15) is 8.42 Å². The lowest BCUT2D eigenvalue weighted by Crippen LogP contribution is -2.44. The molecule has 0 radical (unpaired) electrons. The van der Waals surface area contributed by atoms with E-state index in [1.165, 1.54) is 0 Å². The number of aryl methyl sites for hydroxylation is 1. The number of piperidine rings is 1. The van der Waals surface area contributed by atoms with Gasteiger partial charge in [-0.05, 0) is 70.9 Å². The molecule has 1 amide bonds. The first-order valence-electron chi connectivity index (χ1n) is 11.7. The number of rotatable bonds is 9. The highest BCUT2D eigenvalue weighted by Gasteiger charge is 2.33. The van der Waals surface area contributed by atoms with Crippen LogP contribution >= 0.6 is 0 Å². The minimum atomic E-state index is -3.76. The first-order chi connectivity index (χ1) is 15.3. The number of nitrogens with zero attached hydrogens (tertiary/aromatic N) is 1. The maximum absolute atomic E-state index is 13.1. The molecule has 186 valence electrons. The van der Waals surface area contributed by atoms with Gasteiger partial charge in [-0.15, -0.1) is 0 Å². The molecule has 0 unspecified atom stereocenters. The summed E-state index contributed by atoms with van der Waals surface area (Å²) >= 11 is 0. The molecule has 1 fully saturated rings. The van der Waals surface area contributed by atoms with Crippen molar-refractivity contribution in [1.29, 1.82) is 0 Å². The molecule has 1 aliphatic heterocycles. The lowest BCUT2D eigenvalue weighted by Gasteiger charge is -2.35. The number of carbonyl (C=O) groups excluding carboxylic acids is 2. The summed E-state index contributed by atoms with van der Waals surface area (Å²) < 4.78 is 35.3. The van der Waals surface area contributed by atoms with E-state index in [1.807, 2.05) is 46.4 Å². The number of likely N-dealkylation sites (tertiary alicyclic amines) is 1. The monoisotopic (exact) mass is 481 g/mol. The van der Waals surface area contributed by atoms with Crippen LogP contribution in [0.5, 0.6) is 0 Å². The van der Waals surface area contributed by atoms with Crippen LogP contribution in [0.3, 0.4) is 0 Å². The van der Waals surface area contributed by atoms with Gasteiger partial charge in [-0.25, -0.2) is 0 Å². The van der Waals surface area contributed by atoms with Crippen molar-refractivity contribution in [3.8, 4) is 0 Å². The topological polar surface area (TPSA) is 90.0 Å². The lowest BCUT2D eigenvalue weighted by molar-refractivity contribution is -0.159. The third-order valence-electron chi connectivity index (χ3n) is 5.93. The van der Waals surface area contributed by atoms with E-state index in [0.717, 1.165) is 18.4 Å². The zero-order valence-corrected chi connectivity index (χ0v) is 21.6. The molecular formula is C25H39NO6S. The molecule has 0 aromatic heterocycles. The van der Waals surface area contributed by atoms with Crippen LogP contribution in [0.1, 0.15) is 65.9 Å². The van der Waals surface area contributed by atoms with Crippen molar-refractivity contribution in [2.24, 2.45) is 17.8 Å². The minimum absolute atomic E-state index is 0.00694. The van der Waals surface area contributed by atoms with Crippen molar-refractivity contribution in [2.45, 2.75) is 77.7 Å². The van der Waals surface area contributed by atoms with Gasteiger partial charge < -0.3 is 9.64 Å². The largest absolute Gasteiger partial charge is 0.460 e. The zero-order valence-electron chi connectivity index (χ0n) is 20.8. The Balaban J connectivity index is 1.82. The average molecular weight is 482 g/mol. The number of esters is 1. The standard InChI is InChI=1S/C25H39NO6S/c1-18(2)22(17-23(27)32-25(4,5)6)24(28)26-14-11-20(12-15-26)13-16-31-33(29,30)21-9-7-19(3)8-10-21/h7-10,18,20,22H,11-17H2,1-6H3/t22-/m0/s1. The molecule has 0 aliphatic carbocycles. The van der Waals surface area contributed by atoms with Crippen LogP contribution in [-0.4, -0.2) is 50.5 Å². The number of hydrogen-bond acceptors (Lipinski definition) is 6. The summed E-state index contributed by atoms with van der Waals surface area (Å²) in [5.41, 5.74) is 0.413. The van der Waals surface area contributed by atoms with Gasteiger partial charge in [0.25, 0.3) is 10.1 Å². The Morgan fingerprint density at radius 3 is 2.18 bits per heavy atom. The van der Waals surface area contributed by atoms with Crippen molar-refractivity contribution in [2.75, 3.05) is 19.7 Å². The maximum Gasteiger partial charge on any atom is 0.307 e. The van der Waals surface area contributed by atoms with Crippen molar-refractivity contribution in [3.63, 3.8) is 0 Å². The Labute approximate surface area is 199 Å². The van der Waals surface area contributed by atoms with E-state index in [1.54, 1.807) is 24.3 Å². The average Bonchev–Trinajstić information content (AvgIpc) is 2.71. The van der Waals surface area contributed by atoms with Crippen LogP contribution in [0.15, 0.2) is 29.2 Å². The van der Waals surface area contributed by atoms with Gasteiger partial charge in [-0.1, -0.05) is 31.5 Å². The molecule has 0 N–H and O–H groups in total. The van der Waals surface area contributed by atoms with E-state index in [4.69, 9.17) is 8.92 Å². The highest BCUT2D eigenvalue weighted by atomic mass is 32.2. The lowest BCUT2D eigenvalue weighted by atomic mass is 9.88. The van der Waals surface area contributed by atoms with Gasteiger partial charge >= 0.3 is 5.97 Å². The Morgan fingerprint density at radius 1 is 1.09 bits per heavy atom. The van der Waals surface area contributed by atoms with E-state index >= 15 is 0 Å². The molecule has 1 atom stereocenters. The van der Waals surface area contributed by atoms with Gasteiger partial charge in [0.05, 0.1) is 23.8 Å². The minimum Gasteiger partial charge on any atom is -0.460 e. The Morgan fingerprint density at radius 2 is 1.67 bits per heavy atom. The fourth-order valence-corrected chi connectivity index (χ4v) is 4.87. The second kappa shape index (κ2) is 11.5. The Hall–Kier alpha value is -1.93. The fourth-order valence-electron chi connectivity index (χ4n) is 3.94. The van der Waals surface area contributed by atoms with Crippen LogP contribution in [-0.2, 0) is 28.6 Å². The van der Waals surface area contributed by atoms with Crippen molar-refractivity contribution in [3.05, 3.63) is 29.8 Å². The normalized spacial score (nSPS) is 16.6. The highest BCUT2D eigenvalue weighted by molar-refractivity contribution is 7.86. The predicted molar refractivity (Wildman–Crippen MR) is 127 cm³/mol. The quantitative estimate of drug-likeness (QED) is 0.385. The summed E-state index contributed by atoms with van der Waals surface area (Å²) in [4.78, 5) is 27.4. The maximum atomic E-state index is 13.1. The van der Waals surface area contributed by atoms with Gasteiger partial charge in [0.2, 0.25) is 5.91 Å². The van der Waals surface area contributed by atoms with E-state index < -0.39 is 21.6 Å². The van der Waals surface area contributed by atoms with Crippen LogP contribution in [0.2, 0.25) is 0 Å². The van der Waals surface area contributed by atoms with Crippen molar-refractivity contribution in [1.82, 2.24) is 4.90 Å². The van der Waals surface area contributed by atoms with E-state index in [0.29, 0.717) is 25.4 Å². The molecule has 1 aliphatic rings. The van der Waals surface area contributed by atoms with Gasteiger partial charge in [0, 0.05) is 13.1 Å².